The number of nitrogens with zero attached hydrogens (tertiary/aromatic N) is 4. The van der Waals surface area contributed by atoms with Gasteiger partial charge in [0.25, 0.3) is 0 Å². The number of Topliss-reactive ketones (excluding diaryl/α,β-unsaturated/α-hetero) is 3. The molecule has 10 nitrogen and oxygen atoms in total. The topological polar surface area (TPSA) is 141 Å². The minimum Gasteiger partial charge on any atom is -0.384 e. The lowest BCUT2D eigenvalue weighted by Gasteiger charge is -2.21. The number of aliphatic hydroxyl groups is 1. The summed E-state index contributed by atoms with van der Waals surface area (Å²) in [6, 6.07) is 0. The molecule has 43 heavy (non-hydrogen) atoms. The van der Waals surface area contributed by atoms with Gasteiger partial charge in [-0.25, -0.2) is 4.98 Å². The summed E-state index contributed by atoms with van der Waals surface area (Å²) >= 11 is 0. The third kappa shape index (κ3) is 16.7. The first kappa shape index (κ1) is 40.4. The van der Waals surface area contributed by atoms with Gasteiger partial charge in [0, 0.05) is 23.2 Å². The molecule has 11 heteroatoms. The van der Waals surface area contributed by atoms with E-state index in [0.29, 0.717) is 17.1 Å². The molecular formula is C32H52N4O6S. The Morgan fingerprint density at radius 1 is 0.674 bits per heavy atom. The molecule has 0 saturated heterocycles. The molecule has 0 radical (unpaired) electrons. The van der Waals surface area contributed by atoms with Crippen LogP contribution < -0.4 is 0 Å². The zero-order valence-corrected chi connectivity index (χ0v) is 29.0. The summed E-state index contributed by atoms with van der Waals surface area (Å²) in [4.78, 5) is 52.3. The summed E-state index contributed by atoms with van der Waals surface area (Å²) < 4.78 is 10.9. The second kappa shape index (κ2) is 16.5. The van der Waals surface area contributed by atoms with Gasteiger partial charge in [-0.3, -0.25) is 29.3 Å². The molecule has 2 rings (SSSR count). The predicted molar refractivity (Wildman–Crippen MR) is 171 cm³/mol. The molecule has 0 bridgehead atoms. The number of carbonyl (C=O) groups excluding carboxylic acids is 3. The molecule has 2 aromatic rings. The molecule has 0 amide bonds. The number of hydrogen-bond donors (Lipinski definition) is 1. The van der Waals surface area contributed by atoms with Crippen molar-refractivity contribution in [3.05, 3.63) is 47.6 Å². The van der Waals surface area contributed by atoms with Gasteiger partial charge in [0.15, 0.2) is 0 Å². The average molecular weight is 621 g/mol. The van der Waals surface area contributed by atoms with Crippen LogP contribution in [0.2, 0.25) is 0 Å². The van der Waals surface area contributed by atoms with Crippen molar-refractivity contribution in [3.8, 4) is 0 Å². The van der Waals surface area contributed by atoms with Gasteiger partial charge in [-0.2, -0.15) is 13.5 Å². The third-order valence-corrected chi connectivity index (χ3v) is 5.72. The number of rotatable bonds is 10. The molecule has 0 aliphatic rings. The zero-order chi connectivity index (χ0) is 32.5. The van der Waals surface area contributed by atoms with Gasteiger partial charge in [-0.1, -0.05) is 41.5 Å². The number of ketones is 3. The number of aromatic nitrogens is 4. The van der Waals surface area contributed by atoms with Crippen LogP contribution in [0.5, 0.6) is 0 Å². The molecule has 0 spiro atoms. The smallest absolute Gasteiger partial charge is 0.208 e. The number of ether oxygens (including phenoxy) is 2. The van der Waals surface area contributed by atoms with Gasteiger partial charge in [0.1, 0.15) is 30.0 Å². The molecule has 2 heterocycles. The van der Waals surface area contributed by atoms with Crippen molar-refractivity contribution < 1.29 is 29.0 Å². The van der Waals surface area contributed by atoms with Crippen LogP contribution in [-0.2, 0) is 31.9 Å². The number of aliphatic hydroxyl groups excluding tert-OH is 1. The van der Waals surface area contributed by atoms with Gasteiger partial charge in [0.05, 0.1) is 60.1 Å². The van der Waals surface area contributed by atoms with E-state index in [1.807, 2.05) is 83.1 Å². The van der Waals surface area contributed by atoms with Crippen LogP contribution in [0.3, 0.4) is 0 Å². The second-order valence-corrected chi connectivity index (χ2v) is 14.3. The summed E-state index contributed by atoms with van der Waals surface area (Å²) in [5, 5.41) is 9.99. The highest BCUT2D eigenvalue weighted by atomic mass is 32.1. The number of carbonyl (C=O) groups is 3. The normalized spacial score (nSPS) is 12.9. The minimum absolute atomic E-state index is 0. The first-order valence-corrected chi connectivity index (χ1v) is 14.2. The van der Waals surface area contributed by atoms with E-state index in [2.05, 4.69) is 19.9 Å². The first-order valence-electron chi connectivity index (χ1n) is 14.2. The lowest BCUT2D eigenvalue weighted by atomic mass is 9.88. The van der Waals surface area contributed by atoms with Crippen LogP contribution in [0.25, 0.3) is 0 Å². The van der Waals surface area contributed by atoms with Crippen molar-refractivity contribution in [2.75, 3.05) is 13.2 Å². The fraction of sp³-hybridized carbons (Fsp3) is 0.656. The molecule has 1 atom stereocenters. The van der Waals surface area contributed by atoms with Crippen molar-refractivity contribution >= 4 is 30.8 Å². The Labute approximate surface area is 264 Å². The molecule has 0 fully saturated rings. The molecular weight excluding hydrogens is 568 g/mol. The maximum absolute atomic E-state index is 11.9. The van der Waals surface area contributed by atoms with E-state index in [4.69, 9.17) is 9.47 Å². The van der Waals surface area contributed by atoms with E-state index in [9.17, 15) is 19.5 Å². The van der Waals surface area contributed by atoms with Crippen molar-refractivity contribution in [2.45, 2.75) is 113 Å². The summed E-state index contributed by atoms with van der Waals surface area (Å²) in [6.07, 6.45) is 5.59. The summed E-state index contributed by atoms with van der Waals surface area (Å²) in [5.74, 6) is -0.0146. The van der Waals surface area contributed by atoms with E-state index in [0.717, 1.165) is 0 Å². The largest absolute Gasteiger partial charge is 0.384 e. The Kier molecular flexibility index (Phi) is 15.5. The van der Waals surface area contributed by atoms with Crippen molar-refractivity contribution in [3.63, 3.8) is 0 Å². The summed E-state index contributed by atoms with van der Waals surface area (Å²) in [6.45, 7) is 22.8. The van der Waals surface area contributed by atoms with Crippen molar-refractivity contribution in [2.24, 2.45) is 10.8 Å². The molecule has 0 aliphatic heterocycles. The second-order valence-electron chi connectivity index (χ2n) is 14.3. The lowest BCUT2D eigenvalue weighted by molar-refractivity contribution is -0.126. The molecule has 2 aromatic heterocycles. The van der Waals surface area contributed by atoms with Gasteiger partial charge < -0.3 is 14.6 Å². The summed E-state index contributed by atoms with van der Waals surface area (Å²) in [7, 11) is 0. The fourth-order valence-electron chi connectivity index (χ4n) is 2.85. The van der Waals surface area contributed by atoms with Crippen LogP contribution in [0.15, 0.2) is 24.8 Å². The van der Waals surface area contributed by atoms with E-state index in [1.165, 1.54) is 18.6 Å². The molecule has 0 aromatic carbocycles. The third-order valence-electron chi connectivity index (χ3n) is 5.72. The summed E-state index contributed by atoms with van der Waals surface area (Å²) in [5.41, 5.74) is 0.412. The van der Waals surface area contributed by atoms with Crippen LogP contribution in [0.1, 0.15) is 117 Å². The van der Waals surface area contributed by atoms with E-state index in [1.54, 1.807) is 6.20 Å². The Morgan fingerprint density at radius 2 is 1.12 bits per heavy atom. The highest BCUT2D eigenvalue weighted by molar-refractivity contribution is 7.59. The highest BCUT2D eigenvalue weighted by Gasteiger charge is 2.23. The predicted octanol–water partition coefficient (Wildman–Crippen LogP) is 5.23. The maximum Gasteiger partial charge on any atom is 0.208 e. The quantitative estimate of drug-likeness (QED) is 0.351. The molecule has 0 aliphatic carbocycles. The van der Waals surface area contributed by atoms with Crippen molar-refractivity contribution in [1.29, 1.82) is 0 Å². The SMILES string of the molecule is CC(C)(C)OCC(=O)c1cnc(CC(=O)C(C)(C)C)cn1.CC(C)(C)OC[C@@H](O)c1cnc(CC(=O)C(C)(C)C)cn1.S. The van der Waals surface area contributed by atoms with Crippen LogP contribution >= 0.6 is 13.5 Å². The zero-order valence-electron chi connectivity index (χ0n) is 28.0. The fourth-order valence-corrected chi connectivity index (χ4v) is 2.85. The molecule has 0 unspecified atom stereocenters. The van der Waals surface area contributed by atoms with Gasteiger partial charge in [0.2, 0.25) is 5.78 Å². The van der Waals surface area contributed by atoms with Gasteiger partial charge in [-0.15, -0.1) is 0 Å². The molecule has 242 valence electrons. The molecule has 0 saturated carbocycles. The van der Waals surface area contributed by atoms with Gasteiger partial charge >= 0.3 is 0 Å². The van der Waals surface area contributed by atoms with Crippen LogP contribution in [0, 0.1) is 10.8 Å². The maximum atomic E-state index is 11.9. The van der Waals surface area contributed by atoms with E-state index in [-0.39, 0.29) is 79.2 Å². The Balaban J connectivity index is 0.000000802. The Morgan fingerprint density at radius 3 is 1.47 bits per heavy atom. The van der Waals surface area contributed by atoms with Crippen molar-refractivity contribution in [1.82, 2.24) is 19.9 Å². The highest BCUT2D eigenvalue weighted by Crippen LogP contribution is 2.19. The van der Waals surface area contributed by atoms with Crippen LogP contribution in [-0.4, -0.2) is 66.8 Å². The van der Waals surface area contributed by atoms with E-state index >= 15 is 0 Å². The minimum atomic E-state index is -0.816. The lowest BCUT2D eigenvalue weighted by Crippen LogP contribution is -2.24. The first-order chi connectivity index (χ1) is 19.0. The molecule has 1 N–H and O–H groups in total. The standard InChI is InChI=1S/C16H26N2O3.C16H24N2O3.H2S/c2*1-15(2,3)14(20)7-11-8-18-12(9-17-11)13(19)10-21-16(4,5)6;/h8-9,13,19H,7,10H2,1-6H3;8-9H,7,10H2,1-6H3;1H2/t13-;;/m1../s1. The Hall–Kier alpha value is -2.60. The van der Waals surface area contributed by atoms with Gasteiger partial charge in [-0.05, 0) is 41.5 Å². The Bertz CT molecular complexity index is 1170. The van der Waals surface area contributed by atoms with Crippen LogP contribution in [0.4, 0.5) is 0 Å². The number of hydrogen-bond acceptors (Lipinski definition) is 10. The van der Waals surface area contributed by atoms with E-state index < -0.39 is 11.5 Å². The average Bonchev–Trinajstić information content (AvgIpc) is 2.85. The monoisotopic (exact) mass is 620 g/mol.